The highest BCUT2D eigenvalue weighted by atomic mass is 31.3. The number of phosphoric acid groups is 1. The minimum Gasteiger partial charge on any atom is -0.756 e. The van der Waals surface area contributed by atoms with Crippen LogP contribution in [0, 0.1) is 11.3 Å². The van der Waals surface area contributed by atoms with E-state index in [1.54, 1.807) is 0 Å². The second kappa shape index (κ2) is 19.7. The SMILES string of the molecule is CC(=O)NC1C(OP(=O)([O-])OP(OCCC#N)OCC2OC(n3ccc(=O)[nH]c3=O)C(OC(C)=O)C2OC(C)=O)OC2CO[Si](C(C)(C)C)(C(C)(C)C)OC2C1OC(C)=O. The average Bonchev–Trinajstić information content (AvgIpc) is 3.41. The molecule has 11 unspecified atom stereocenters. The van der Waals surface area contributed by atoms with E-state index in [1.807, 2.05) is 52.6 Å². The Balaban J connectivity index is 1.62. The number of fused-ring (bicyclic) bond motifs is 1. The van der Waals surface area contributed by atoms with E-state index in [0.29, 0.717) is 0 Å². The van der Waals surface area contributed by atoms with Gasteiger partial charge < -0.3 is 51.8 Å². The van der Waals surface area contributed by atoms with Crippen molar-refractivity contribution in [1.29, 1.82) is 5.26 Å². The molecule has 1 amide bonds. The number of phosphoric ester groups is 1. The first-order valence-corrected chi connectivity index (χ1v) is 23.0. The fourth-order valence-electron chi connectivity index (χ4n) is 7.28. The van der Waals surface area contributed by atoms with Gasteiger partial charge in [0, 0.05) is 50.0 Å². The summed E-state index contributed by atoms with van der Waals surface area (Å²) in [5.74, 6) is -3.18. The minimum absolute atomic E-state index is 0.127. The predicted octanol–water partition coefficient (Wildman–Crippen LogP) is 1.59. The Kier molecular flexibility index (Phi) is 16.2. The number of hydrogen-bond donors (Lipinski definition) is 2. The summed E-state index contributed by atoms with van der Waals surface area (Å²) in [5, 5.41) is 10.6. The van der Waals surface area contributed by atoms with Crippen LogP contribution >= 0.6 is 16.4 Å². The molecule has 3 fully saturated rings. The molecule has 60 heavy (non-hydrogen) atoms. The van der Waals surface area contributed by atoms with Crippen molar-refractivity contribution in [3.05, 3.63) is 33.1 Å². The number of amides is 1. The average molecular weight is 910 g/mol. The minimum atomic E-state index is -5.65. The van der Waals surface area contributed by atoms with Crippen molar-refractivity contribution in [2.75, 3.05) is 19.8 Å². The first kappa shape index (κ1) is 49.2. The highest BCUT2D eigenvalue weighted by Gasteiger charge is 2.65. The summed E-state index contributed by atoms with van der Waals surface area (Å²) in [4.78, 5) is 89.6. The second-order valence-electron chi connectivity index (χ2n) is 16.0. The van der Waals surface area contributed by atoms with E-state index in [2.05, 4.69) is 5.32 Å². The number of nitrogens with one attached hydrogen (secondary N) is 2. The van der Waals surface area contributed by atoms with Crippen LogP contribution in [0.1, 0.15) is 81.9 Å². The molecule has 0 bridgehead atoms. The number of esters is 3. The highest BCUT2D eigenvalue weighted by Crippen LogP contribution is 2.59. The maximum Gasteiger partial charge on any atom is 0.349 e. The summed E-state index contributed by atoms with van der Waals surface area (Å²) >= 11 is 0. The van der Waals surface area contributed by atoms with Crippen LogP contribution in [0.5, 0.6) is 0 Å². The summed E-state index contributed by atoms with van der Waals surface area (Å²) < 4.78 is 78.0. The fourth-order valence-corrected chi connectivity index (χ4v) is 14.4. The number of H-pyrrole nitrogens is 1. The number of nitriles is 1. The normalized spacial score (nSPS) is 29.2. The van der Waals surface area contributed by atoms with Crippen molar-refractivity contribution >= 4 is 48.8 Å². The molecule has 11 atom stereocenters. The van der Waals surface area contributed by atoms with Gasteiger partial charge in [-0.15, -0.1) is 0 Å². The smallest absolute Gasteiger partial charge is 0.349 e. The van der Waals surface area contributed by atoms with Gasteiger partial charge in [-0.3, -0.25) is 42.6 Å². The molecule has 3 saturated heterocycles. The number of aromatic amines is 1. The summed E-state index contributed by atoms with van der Waals surface area (Å²) in [7, 11) is -11.9. The zero-order valence-corrected chi connectivity index (χ0v) is 37.5. The van der Waals surface area contributed by atoms with Crippen LogP contribution in [0.15, 0.2) is 21.9 Å². The first-order chi connectivity index (χ1) is 27.8. The number of rotatable bonds is 15. The van der Waals surface area contributed by atoms with Gasteiger partial charge in [-0.25, -0.2) is 9.11 Å². The highest BCUT2D eigenvalue weighted by molar-refractivity contribution is 7.57. The molecule has 4 rings (SSSR count). The van der Waals surface area contributed by atoms with Gasteiger partial charge in [0.1, 0.15) is 24.4 Å². The van der Waals surface area contributed by atoms with Crippen molar-refractivity contribution < 1.29 is 79.1 Å². The van der Waals surface area contributed by atoms with Gasteiger partial charge in [0.15, 0.2) is 30.8 Å². The molecule has 0 radical (unpaired) electrons. The number of nitrogens with zero attached hydrogens (tertiary/aromatic N) is 2. The molecule has 23 nitrogen and oxygen atoms in total. The monoisotopic (exact) mass is 909 g/mol. The van der Waals surface area contributed by atoms with Gasteiger partial charge in [0.25, 0.3) is 13.4 Å². The van der Waals surface area contributed by atoms with Gasteiger partial charge in [0.05, 0.1) is 32.3 Å². The molecule has 1 aromatic rings. The molecular weight excluding hydrogens is 858 g/mol. The number of carbonyl (C=O) groups excluding carboxylic acids is 4. The van der Waals surface area contributed by atoms with Gasteiger partial charge in [0.2, 0.25) is 5.91 Å². The summed E-state index contributed by atoms with van der Waals surface area (Å²) in [5.41, 5.74) is -1.71. The van der Waals surface area contributed by atoms with Crippen LogP contribution in [0.2, 0.25) is 10.1 Å². The Labute approximate surface area is 347 Å². The van der Waals surface area contributed by atoms with Crippen LogP contribution in [0.4, 0.5) is 0 Å². The summed E-state index contributed by atoms with van der Waals surface area (Å²) in [6.07, 6.45) is -10.4. The van der Waals surface area contributed by atoms with Crippen molar-refractivity contribution in [2.45, 2.75) is 141 Å². The van der Waals surface area contributed by atoms with Crippen molar-refractivity contribution in [3.8, 4) is 6.07 Å². The standard InChI is InChI=1S/C34H52N4O19P2Si/c1-18(39)36-25-28(51-20(3)41)27-23(17-49-60(56-27,33(5,6)7)34(8,9)10)54-31(25)55-59(45,46)57-58(47-15-11-13-35)48-16-22-26(50-19(2)40)29(52-21(4)42)30(53-22)38-14-12-24(43)37-32(38)44/h12,14,22-23,25-31H,11,15-17H2,1-10H3,(H,36,39)(H,45,46)(H,37,43,44)/p-1. The quantitative estimate of drug-likeness (QED) is 0.0830. The summed E-state index contributed by atoms with van der Waals surface area (Å²) in [6.45, 7) is 14.8. The lowest BCUT2D eigenvalue weighted by molar-refractivity contribution is -0.287. The van der Waals surface area contributed by atoms with Crippen LogP contribution in [-0.4, -0.2) is 111 Å². The molecule has 2 N–H and O–H groups in total. The fraction of sp³-hybridized carbons (Fsp3) is 0.735. The topological polar surface area (TPSA) is 301 Å². The predicted molar refractivity (Wildman–Crippen MR) is 203 cm³/mol. The summed E-state index contributed by atoms with van der Waals surface area (Å²) in [6, 6.07) is 1.32. The molecular formula is C34H51N4O19P2Si-. The molecule has 3 aliphatic rings. The van der Waals surface area contributed by atoms with E-state index in [4.69, 9.17) is 55.7 Å². The molecule has 26 heteroatoms. The van der Waals surface area contributed by atoms with Gasteiger partial charge in [-0.05, 0) is 0 Å². The number of ether oxygens (including phenoxy) is 5. The Bertz CT molecular complexity index is 1930. The van der Waals surface area contributed by atoms with E-state index in [0.717, 1.165) is 44.5 Å². The van der Waals surface area contributed by atoms with Crippen LogP contribution in [-0.2, 0) is 74.2 Å². The molecule has 0 spiro atoms. The van der Waals surface area contributed by atoms with Crippen LogP contribution in [0.25, 0.3) is 0 Å². The zero-order chi connectivity index (χ0) is 45.0. The van der Waals surface area contributed by atoms with Crippen molar-refractivity contribution in [1.82, 2.24) is 14.9 Å². The lowest BCUT2D eigenvalue weighted by Crippen LogP contribution is -2.73. The second-order valence-corrected chi connectivity index (χ2v) is 23.5. The van der Waals surface area contributed by atoms with Gasteiger partial charge in [-0.1, -0.05) is 41.5 Å². The third-order valence-corrected chi connectivity index (χ3v) is 16.9. The maximum atomic E-state index is 13.7. The Hall–Kier alpha value is -3.43. The maximum absolute atomic E-state index is 13.7. The van der Waals surface area contributed by atoms with E-state index in [1.165, 1.54) is 0 Å². The third kappa shape index (κ3) is 11.9. The largest absolute Gasteiger partial charge is 0.756 e. The molecule has 0 aliphatic carbocycles. The van der Waals surface area contributed by atoms with Crippen LogP contribution in [0.3, 0.4) is 0 Å². The number of aromatic nitrogens is 2. The van der Waals surface area contributed by atoms with Crippen molar-refractivity contribution in [3.63, 3.8) is 0 Å². The molecule has 3 aliphatic heterocycles. The van der Waals surface area contributed by atoms with E-state index in [-0.39, 0.29) is 13.0 Å². The van der Waals surface area contributed by atoms with Gasteiger partial charge in [-0.2, -0.15) is 5.26 Å². The zero-order valence-electron chi connectivity index (χ0n) is 34.7. The van der Waals surface area contributed by atoms with E-state index >= 15 is 0 Å². The number of carbonyl (C=O) groups is 4. The van der Waals surface area contributed by atoms with Crippen molar-refractivity contribution in [2.24, 2.45) is 0 Å². The lowest BCUT2D eigenvalue weighted by atomic mass is 9.96. The van der Waals surface area contributed by atoms with E-state index < -0.39 is 139 Å². The Morgan fingerprint density at radius 3 is 2.13 bits per heavy atom. The van der Waals surface area contributed by atoms with E-state index in [9.17, 15) is 38.2 Å². The van der Waals surface area contributed by atoms with Crippen LogP contribution < -0.4 is 21.5 Å². The molecule has 0 aromatic carbocycles. The Morgan fingerprint density at radius 2 is 1.58 bits per heavy atom. The molecule has 336 valence electrons. The lowest BCUT2D eigenvalue weighted by Gasteiger charge is -2.58. The third-order valence-electron chi connectivity index (χ3n) is 9.22. The Morgan fingerprint density at radius 1 is 0.983 bits per heavy atom. The molecule has 1 aromatic heterocycles. The van der Waals surface area contributed by atoms with Gasteiger partial charge >= 0.3 is 40.8 Å². The number of hydrogen-bond acceptors (Lipinski definition) is 20. The molecule has 0 saturated carbocycles. The first-order valence-electron chi connectivity index (χ1n) is 18.6. The molecule has 4 heterocycles.